The van der Waals surface area contributed by atoms with E-state index in [0.29, 0.717) is 49.0 Å². The van der Waals surface area contributed by atoms with Crippen LogP contribution in [0.25, 0.3) is 10.9 Å². The predicted molar refractivity (Wildman–Crippen MR) is 463 cm³/mol. The van der Waals surface area contributed by atoms with E-state index in [0.717, 1.165) is 77.1 Å². The molecule has 0 radical (unpaired) electrons. The minimum atomic E-state index is -2.96. The van der Waals surface area contributed by atoms with E-state index in [9.17, 15) is 78.3 Å². The molecule has 4 aromatic carbocycles. The van der Waals surface area contributed by atoms with Crippen molar-refractivity contribution in [1.29, 1.82) is 0 Å². The van der Waals surface area contributed by atoms with Gasteiger partial charge in [-0.1, -0.05) is 106 Å². The van der Waals surface area contributed by atoms with E-state index in [1.54, 1.807) is 43.5 Å². The molecule has 7 aliphatic heterocycles. The van der Waals surface area contributed by atoms with E-state index < -0.39 is 171 Å². The zero-order chi connectivity index (χ0) is 88.6. The Morgan fingerprint density at radius 3 is 2.21 bits per heavy atom. The first kappa shape index (κ1) is 90.5. The third-order valence-corrected chi connectivity index (χ3v) is 35.0. The number of para-hydroxylation sites is 1. The number of H-pyrrole nitrogens is 1. The number of guanidine groups is 1. The highest BCUT2D eigenvalue weighted by molar-refractivity contribution is 6.92. The van der Waals surface area contributed by atoms with E-state index in [2.05, 4.69) is 133 Å². The normalized spacial score (nSPS) is 29.3. The molecule has 1 aromatic heterocycles. The van der Waals surface area contributed by atoms with Gasteiger partial charge in [0.1, 0.15) is 36.0 Å². The third kappa shape index (κ3) is 18.5. The molecule has 5 saturated heterocycles. The Bertz CT molecular complexity index is 4980. The summed E-state index contributed by atoms with van der Waals surface area (Å²) in [5.74, 6) is -9.29. The molecular weight excluding hydrogens is 1610 g/mol. The highest BCUT2D eigenvalue weighted by Crippen LogP contribution is 2.72. The molecule has 6 fully saturated rings. The van der Waals surface area contributed by atoms with Crippen molar-refractivity contribution in [2.45, 2.75) is 233 Å². The van der Waals surface area contributed by atoms with Gasteiger partial charge in [-0.25, -0.2) is 0 Å². The molecule has 34 heteroatoms. The Hall–Kier alpha value is -10.2. The molecule has 14 rings (SSSR count). The lowest BCUT2D eigenvalue weighted by Crippen LogP contribution is -2.74. The number of benzene rings is 4. The van der Waals surface area contributed by atoms with Gasteiger partial charge >= 0.3 is 11.9 Å². The number of ketones is 1. The monoisotopic (exact) mass is 1730 g/mol. The van der Waals surface area contributed by atoms with Crippen molar-refractivity contribution in [3.05, 3.63) is 142 Å². The maximum atomic E-state index is 14.9. The highest BCUT2D eigenvalue weighted by Gasteiger charge is 2.76. The lowest BCUT2D eigenvalue weighted by molar-refractivity contribution is -0.227. The van der Waals surface area contributed by atoms with E-state index in [4.69, 9.17) is 20.3 Å². The van der Waals surface area contributed by atoms with Gasteiger partial charge in [-0.05, 0) is 160 Å². The molecule has 8 amide bonds. The van der Waals surface area contributed by atoms with Gasteiger partial charge in [0, 0.05) is 128 Å². The van der Waals surface area contributed by atoms with Gasteiger partial charge in [-0.15, -0.1) is 0 Å². The molecule has 3 unspecified atom stereocenters. The number of nitrogens with two attached hydrogens (primary N) is 2. The van der Waals surface area contributed by atoms with E-state index in [-0.39, 0.29) is 93.8 Å². The van der Waals surface area contributed by atoms with E-state index in [1.165, 1.54) is 16.5 Å². The number of nitrogens with one attached hydrogen (secondary N) is 8. The Kier molecular flexibility index (Phi) is 26.6. The molecular formula is C89H120N14O18Si2. The van der Waals surface area contributed by atoms with Crippen LogP contribution in [0.4, 0.5) is 0 Å². The van der Waals surface area contributed by atoms with Gasteiger partial charge in [0.25, 0.3) is 0 Å². The van der Waals surface area contributed by atoms with Gasteiger partial charge < -0.3 is 93.0 Å². The number of carbonyl (C=O) groups excluding carboxylic acids is 9. The molecule has 17 N–H and O–H groups in total. The molecule has 9 aliphatic rings. The summed E-state index contributed by atoms with van der Waals surface area (Å²) in [6, 6.07) is 19.6. The summed E-state index contributed by atoms with van der Waals surface area (Å²) in [7, 11) is -4.10. The number of carbonyl (C=O) groups is 11. The van der Waals surface area contributed by atoms with Crippen molar-refractivity contribution in [1.82, 2.24) is 56.9 Å². The number of carboxylic acids is 2. The average Bonchev–Trinajstić information content (AvgIpc) is 1.49. The van der Waals surface area contributed by atoms with Crippen LogP contribution in [0.1, 0.15) is 167 Å². The summed E-state index contributed by atoms with van der Waals surface area (Å²) >= 11 is 0. The largest absolute Gasteiger partial charge is 0.496 e. The fourth-order valence-electron chi connectivity index (χ4n) is 22.1. The van der Waals surface area contributed by atoms with Crippen molar-refractivity contribution in [3.8, 4) is 5.75 Å². The summed E-state index contributed by atoms with van der Waals surface area (Å²) in [4.78, 5) is 162. The van der Waals surface area contributed by atoms with Crippen LogP contribution in [0, 0.1) is 17.3 Å². The minimum Gasteiger partial charge on any atom is -0.496 e. The quantitative estimate of drug-likeness (QED) is 0.00649. The summed E-state index contributed by atoms with van der Waals surface area (Å²) in [5, 5.41) is 79.2. The lowest BCUT2D eigenvalue weighted by Gasteiger charge is -2.64. The number of hydrogen-bond acceptors (Lipinski definition) is 19. The number of amides is 8. The highest BCUT2D eigenvalue weighted by atomic mass is 28.4. The molecule has 662 valence electrons. The number of aliphatic hydroxyl groups is 3. The van der Waals surface area contributed by atoms with Crippen molar-refractivity contribution in [3.63, 3.8) is 0 Å². The number of aliphatic hydroxyl groups excluding tert-OH is 1. The van der Waals surface area contributed by atoms with Gasteiger partial charge in [-0.3, -0.25) is 67.5 Å². The van der Waals surface area contributed by atoms with Crippen molar-refractivity contribution < 1.29 is 87.1 Å². The number of aromatic nitrogens is 1. The van der Waals surface area contributed by atoms with Crippen molar-refractivity contribution in [2.75, 3.05) is 59.5 Å². The number of hydrogen-bond donors (Lipinski definition) is 15. The molecule has 32 nitrogen and oxygen atoms in total. The number of fused-ring (bicyclic) bond motifs is 20. The van der Waals surface area contributed by atoms with E-state index in [1.807, 2.05) is 38.3 Å². The van der Waals surface area contributed by atoms with Crippen molar-refractivity contribution in [2.24, 2.45) is 33.7 Å². The molecule has 123 heavy (non-hydrogen) atoms. The number of Topliss-reactive ketones (excluding diaryl/α,β-unsaturated/α-hetero) is 1. The van der Waals surface area contributed by atoms with Crippen molar-refractivity contribution >= 4 is 104 Å². The second-order valence-electron chi connectivity index (χ2n) is 36.7. The zero-order valence-electron chi connectivity index (χ0n) is 71.7. The number of aliphatic carboxylic acids is 2. The number of piperidine rings is 1. The molecule has 1 spiro atoms. The molecule has 4 bridgehead atoms. The standard InChI is InChI=1S/C89H120N14O18Si2/c1-10-86(118)43-54-42-85(4,76-58(30-36-101(47-54)50-86)57-16-12-13-17-62(57)99-76)61-39-60-59(38-69(61)120-5)51(3)75-88(60)33-37-102-35-15-31-87(11-2,82(88)102)83(117)89(75,119)32-29-68(104)55-23-25-56(26-24-55)123(8,9)121-122(6,7)49-66(81(115)116)98-71(106)28-27-70(105)93-44-52-19-21-53(22-20-52)48-103-67-45-94-78(112)64(41-74(109)110)97-73(108)46-95-77(111)63(18-14-34-92-84(90)91)96-72(107)40-65(80(103)114)100-79(67)113/h12-13,15-17,19-26,31,38-39,51,54,63-67,75,82-83,99,117-119H,10-11,14,18,27-30,32-37,40-50H2,1-9H3,(H,93,105)(H,94,112)(H,95,111)(H,96,107)(H,97,108)(H,98,106)(H,100,113)(H,109,110)(H,115,116)(H4,90,91,92)/t51?,54-,63-,64-,65+,66?,67-,75+,82+,83+,85+,86-,87+,88-,89-/m0/s1. The first-order valence-corrected chi connectivity index (χ1v) is 49.1. The van der Waals surface area contributed by atoms with Gasteiger partial charge in [-0.2, -0.15) is 0 Å². The van der Waals surface area contributed by atoms with Crippen LogP contribution in [-0.2, 0) is 82.4 Å². The van der Waals surface area contributed by atoms with Gasteiger partial charge in [0.15, 0.2) is 20.1 Å². The maximum absolute atomic E-state index is 14.9. The van der Waals surface area contributed by atoms with Gasteiger partial charge in [0.2, 0.25) is 55.6 Å². The van der Waals surface area contributed by atoms with Crippen LogP contribution in [0.5, 0.6) is 5.75 Å². The number of rotatable bonds is 28. The van der Waals surface area contributed by atoms with Crippen LogP contribution in [0.15, 0.2) is 102 Å². The molecule has 2 aliphatic carbocycles. The average molecular weight is 1730 g/mol. The minimum absolute atomic E-state index is 0.00446. The smallest absolute Gasteiger partial charge is 0.325 e. The SMILES string of the molecule is CC[C@]1(O)C[C@H]2CN(CCc3c([nH]c4ccccc34)[C@@](C)(c3cc4c(cc3OC)C(C)[C@H]3[C@@](O)(CCC(=O)c5ccc([Si](C)(C)O[Si](C)(C)CC(NC(=O)CCC(=O)NCc6ccc(CN7C(=O)[C@H]8CC(=O)N[C@@H](CCCN=C(N)N)C(=O)NCC(=O)N[C@@H](CC(=O)O)C(=O)NC[C@H]7C(=O)N8)cc6)C(=O)O)cc5)[C@H](O)[C@]5(CC)C=CCN6CC[C@]43[C@H]65)C2)C1. The Morgan fingerprint density at radius 2 is 1.51 bits per heavy atom. The fraction of sp³-hybridized carbons (Fsp3) is 0.551. The number of piperazine rings is 1. The Morgan fingerprint density at radius 1 is 0.805 bits per heavy atom. The topological polar surface area (TPSA) is 481 Å². The number of nitrogens with zero attached hydrogens (tertiary/aromatic N) is 4. The molecule has 16 atom stereocenters. The number of aliphatic imine (C=N–C) groups is 1. The number of methoxy groups -OCH3 is 1. The predicted octanol–water partition coefficient (Wildman–Crippen LogP) is 3.30. The Labute approximate surface area is 717 Å². The summed E-state index contributed by atoms with van der Waals surface area (Å²) in [5.41, 5.74) is 14.5. The molecule has 8 heterocycles. The zero-order valence-corrected chi connectivity index (χ0v) is 73.7. The second kappa shape index (κ2) is 36.2. The van der Waals surface area contributed by atoms with Crippen LogP contribution in [-0.4, -0.2) is 246 Å². The first-order valence-electron chi connectivity index (χ1n) is 43.1. The Balaban J connectivity index is 0.634. The summed E-state index contributed by atoms with van der Waals surface area (Å²) < 4.78 is 13.6. The first-order chi connectivity index (χ1) is 58.3. The third-order valence-electron chi connectivity index (χ3n) is 27.6. The second-order valence-corrected chi connectivity index (χ2v) is 45.0. The molecule has 1 saturated carbocycles. The number of aromatic amines is 1. The summed E-state index contributed by atoms with van der Waals surface area (Å²) in [6.45, 7) is 18.8. The number of ether oxygens (including phenoxy) is 1. The van der Waals surface area contributed by atoms with E-state index >= 15 is 0 Å². The van der Waals surface area contributed by atoms with Crippen LogP contribution >= 0.6 is 0 Å². The molecule has 5 aromatic rings. The van der Waals surface area contributed by atoms with Gasteiger partial charge in [0.05, 0.1) is 43.8 Å². The van der Waals surface area contributed by atoms with Crippen LogP contribution in [0.2, 0.25) is 32.2 Å². The van der Waals surface area contributed by atoms with Crippen LogP contribution in [0.3, 0.4) is 0 Å². The lowest BCUT2D eigenvalue weighted by atomic mass is 9.45. The number of carboxylic acid groups (broad SMARTS) is 2. The fourth-order valence-corrected chi connectivity index (χ4v) is 30.7. The van der Waals surface area contributed by atoms with Crippen LogP contribution < -0.4 is 58.6 Å². The maximum Gasteiger partial charge on any atom is 0.325 e. The summed E-state index contributed by atoms with van der Waals surface area (Å²) in [6.07, 6.45) is 5.24.